The Hall–Kier alpha value is -1.04. The van der Waals surface area contributed by atoms with Crippen LogP contribution in [0.5, 0.6) is 0 Å². The molecule has 5 heteroatoms. The highest BCUT2D eigenvalue weighted by molar-refractivity contribution is 7.99. The Kier molecular flexibility index (Phi) is 5.76. The van der Waals surface area contributed by atoms with E-state index in [1.165, 1.54) is 5.56 Å². The molecule has 0 saturated carbocycles. The number of nitrogens with zero attached hydrogens (tertiary/aromatic N) is 1. The summed E-state index contributed by atoms with van der Waals surface area (Å²) >= 11 is 1.97. The molecule has 120 valence electrons. The van der Waals surface area contributed by atoms with Crippen LogP contribution in [0.15, 0.2) is 30.3 Å². The number of ether oxygens (including phenoxy) is 1. The zero-order valence-corrected chi connectivity index (χ0v) is 13.7. The van der Waals surface area contributed by atoms with Crippen molar-refractivity contribution >= 4 is 17.7 Å². The number of amides is 1. The van der Waals surface area contributed by atoms with Crippen molar-refractivity contribution in [3.05, 3.63) is 35.9 Å². The highest BCUT2D eigenvalue weighted by atomic mass is 32.2. The van der Waals surface area contributed by atoms with Crippen molar-refractivity contribution in [1.29, 1.82) is 0 Å². The highest BCUT2D eigenvalue weighted by Gasteiger charge is 2.26. The predicted molar refractivity (Wildman–Crippen MR) is 90.1 cm³/mol. The van der Waals surface area contributed by atoms with E-state index in [1.807, 2.05) is 17.8 Å². The fourth-order valence-electron chi connectivity index (χ4n) is 3.08. The summed E-state index contributed by atoms with van der Waals surface area (Å²) in [6.45, 7) is 2.93. The third-order valence-electron chi connectivity index (χ3n) is 4.32. The van der Waals surface area contributed by atoms with Crippen LogP contribution < -0.4 is 5.32 Å². The van der Waals surface area contributed by atoms with Crippen LogP contribution in [0.25, 0.3) is 0 Å². The number of carbonyl (C=O) groups excluding carboxylic acids is 1. The molecule has 1 amide bonds. The normalized spacial score (nSPS) is 26.0. The first-order chi connectivity index (χ1) is 10.8. The van der Waals surface area contributed by atoms with E-state index in [4.69, 9.17) is 4.74 Å². The maximum atomic E-state index is 12.2. The van der Waals surface area contributed by atoms with Gasteiger partial charge in [0.25, 0.3) is 0 Å². The van der Waals surface area contributed by atoms with E-state index in [2.05, 4.69) is 34.5 Å². The van der Waals surface area contributed by atoms with Crippen LogP contribution in [0.3, 0.4) is 0 Å². The summed E-state index contributed by atoms with van der Waals surface area (Å²) in [4.78, 5) is 14.5. The second kappa shape index (κ2) is 7.99. The van der Waals surface area contributed by atoms with Gasteiger partial charge >= 0.3 is 0 Å². The average Bonchev–Trinajstić information content (AvgIpc) is 3.08. The number of benzene rings is 1. The lowest BCUT2D eigenvalue weighted by Gasteiger charge is -2.35. The minimum atomic E-state index is 0.114. The van der Waals surface area contributed by atoms with Crippen LogP contribution >= 0.6 is 11.8 Å². The first-order valence-corrected chi connectivity index (χ1v) is 9.23. The lowest BCUT2D eigenvalue weighted by atomic mass is 10.1. The van der Waals surface area contributed by atoms with Gasteiger partial charge in [-0.25, -0.2) is 0 Å². The number of nitrogens with one attached hydrogen (secondary N) is 1. The molecule has 1 aromatic carbocycles. The number of carbonyl (C=O) groups is 1. The van der Waals surface area contributed by atoms with Gasteiger partial charge in [-0.1, -0.05) is 30.3 Å². The van der Waals surface area contributed by atoms with Crippen molar-refractivity contribution in [2.75, 3.05) is 37.7 Å². The second-order valence-electron chi connectivity index (χ2n) is 5.91. The zero-order chi connectivity index (χ0) is 15.2. The third kappa shape index (κ3) is 4.24. The number of hydrogen-bond donors (Lipinski definition) is 1. The van der Waals surface area contributed by atoms with E-state index in [9.17, 15) is 4.79 Å². The molecule has 0 unspecified atom stereocenters. The van der Waals surface area contributed by atoms with Gasteiger partial charge in [-0.3, -0.25) is 9.69 Å². The minimum Gasteiger partial charge on any atom is -0.376 e. The Morgan fingerprint density at radius 3 is 3.00 bits per heavy atom. The summed E-state index contributed by atoms with van der Waals surface area (Å²) in [6, 6.07) is 10.8. The van der Waals surface area contributed by atoms with Gasteiger partial charge in [0.2, 0.25) is 5.91 Å². The first-order valence-electron chi connectivity index (χ1n) is 8.08. The van der Waals surface area contributed by atoms with Crippen LogP contribution in [0.2, 0.25) is 0 Å². The first kappa shape index (κ1) is 15.8. The maximum Gasteiger partial charge on any atom is 0.234 e. The third-order valence-corrected chi connectivity index (χ3v) is 5.34. The molecule has 2 saturated heterocycles. The molecule has 1 N–H and O–H groups in total. The molecule has 0 spiro atoms. The smallest absolute Gasteiger partial charge is 0.234 e. The van der Waals surface area contributed by atoms with Crippen molar-refractivity contribution < 1.29 is 9.53 Å². The van der Waals surface area contributed by atoms with Crippen molar-refractivity contribution in [3.63, 3.8) is 0 Å². The van der Waals surface area contributed by atoms with Gasteiger partial charge in [0, 0.05) is 37.2 Å². The quantitative estimate of drug-likeness (QED) is 0.902. The highest BCUT2D eigenvalue weighted by Crippen LogP contribution is 2.28. The molecule has 0 aliphatic carbocycles. The largest absolute Gasteiger partial charge is 0.376 e. The summed E-state index contributed by atoms with van der Waals surface area (Å²) in [5.41, 5.74) is 1.31. The Morgan fingerprint density at radius 2 is 2.23 bits per heavy atom. The van der Waals surface area contributed by atoms with Gasteiger partial charge in [0.15, 0.2) is 0 Å². The fourth-order valence-corrected chi connectivity index (χ4v) is 4.24. The van der Waals surface area contributed by atoms with E-state index in [0.29, 0.717) is 19.1 Å². The fraction of sp³-hybridized carbons (Fsp3) is 0.588. The maximum absolute atomic E-state index is 12.2. The monoisotopic (exact) mass is 320 g/mol. The predicted octanol–water partition coefficient (Wildman–Crippen LogP) is 2.07. The molecular weight excluding hydrogens is 296 g/mol. The molecule has 0 aromatic heterocycles. The Bertz CT molecular complexity index is 477. The summed E-state index contributed by atoms with van der Waals surface area (Å²) in [6.07, 6.45) is 2.39. The van der Waals surface area contributed by atoms with E-state index in [-0.39, 0.29) is 12.0 Å². The molecule has 0 radical (unpaired) electrons. The molecule has 3 rings (SSSR count). The molecule has 0 bridgehead atoms. The molecule has 4 nitrogen and oxygen atoms in total. The van der Waals surface area contributed by atoms with Gasteiger partial charge in [-0.2, -0.15) is 11.8 Å². The van der Waals surface area contributed by atoms with Crippen LogP contribution in [-0.4, -0.2) is 54.7 Å². The van der Waals surface area contributed by atoms with Crippen molar-refractivity contribution in [2.45, 2.75) is 25.0 Å². The lowest BCUT2D eigenvalue weighted by Crippen LogP contribution is -2.44. The van der Waals surface area contributed by atoms with Crippen molar-refractivity contribution in [3.8, 4) is 0 Å². The van der Waals surface area contributed by atoms with Gasteiger partial charge in [0.1, 0.15) is 0 Å². The van der Waals surface area contributed by atoms with Gasteiger partial charge in [-0.15, -0.1) is 0 Å². The van der Waals surface area contributed by atoms with Crippen LogP contribution in [0, 0.1) is 0 Å². The summed E-state index contributed by atoms with van der Waals surface area (Å²) in [5, 5.41) is 3.03. The van der Waals surface area contributed by atoms with E-state index in [0.717, 1.165) is 37.5 Å². The molecule has 1 aromatic rings. The second-order valence-corrected chi connectivity index (χ2v) is 7.06. The lowest BCUT2D eigenvalue weighted by molar-refractivity contribution is -0.123. The standard InChI is InChI=1S/C17H24N2O2S/c20-17(18-11-15-7-4-9-21-15)12-19-8-10-22-13-16(19)14-5-2-1-3-6-14/h1-3,5-6,15-16H,4,7-13H2,(H,18,20)/t15-,16-/m0/s1. The molecular formula is C17H24N2O2S. The van der Waals surface area contributed by atoms with E-state index >= 15 is 0 Å². The molecule has 2 aliphatic rings. The molecule has 2 fully saturated rings. The molecule has 2 aliphatic heterocycles. The van der Waals surface area contributed by atoms with Crippen LogP contribution in [0.1, 0.15) is 24.4 Å². The number of hydrogen-bond acceptors (Lipinski definition) is 4. The molecule has 2 atom stereocenters. The summed E-state index contributed by atoms with van der Waals surface area (Å²) in [5.74, 6) is 2.27. The average molecular weight is 320 g/mol. The van der Waals surface area contributed by atoms with Crippen molar-refractivity contribution in [1.82, 2.24) is 10.2 Å². The van der Waals surface area contributed by atoms with Gasteiger partial charge in [0.05, 0.1) is 12.6 Å². The zero-order valence-electron chi connectivity index (χ0n) is 12.9. The Balaban J connectivity index is 1.53. The topological polar surface area (TPSA) is 41.6 Å². The van der Waals surface area contributed by atoms with Gasteiger partial charge in [-0.05, 0) is 18.4 Å². The SMILES string of the molecule is O=C(CN1CCSC[C@H]1c1ccccc1)NC[C@@H]1CCCO1. The number of thioether (sulfide) groups is 1. The van der Waals surface area contributed by atoms with E-state index < -0.39 is 0 Å². The summed E-state index contributed by atoms with van der Waals surface area (Å²) < 4.78 is 5.55. The molecule has 2 heterocycles. The van der Waals surface area contributed by atoms with E-state index in [1.54, 1.807) is 0 Å². The Labute approximate surface area is 136 Å². The van der Waals surface area contributed by atoms with Crippen molar-refractivity contribution in [2.24, 2.45) is 0 Å². The minimum absolute atomic E-state index is 0.114. The van der Waals surface area contributed by atoms with Crippen LogP contribution in [-0.2, 0) is 9.53 Å². The van der Waals surface area contributed by atoms with Crippen LogP contribution in [0.4, 0.5) is 0 Å². The summed E-state index contributed by atoms with van der Waals surface area (Å²) in [7, 11) is 0. The number of rotatable bonds is 5. The molecule has 22 heavy (non-hydrogen) atoms. The van der Waals surface area contributed by atoms with Gasteiger partial charge < -0.3 is 10.1 Å². The Morgan fingerprint density at radius 1 is 1.36 bits per heavy atom.